The predicted molar refractivity (Wildman–Crippen MR) is 134 cm³/mol. The van der Waals surface area contributed by atoms with Gasteiger partial charge in [-0.05, 0) is 92.7 Å². The SMILES string of the molecule is CC(C)Oc1cc(C2CC2)c(C2CC2)cc1CN1CCC(n2ccc(-c3nn[nH]n3)cc2=O)CC1. The zero-order valence-corrected chi connectivity index (χ0v) is 20.6. The molecule has 2 saturated carbocycles. The van der Waals surface area contributed by atoms with E-state index in [9.17, 15) is 4.79 Å². The lowest BCUT2D eigenvalue weighted by Gasteiger charge is -2.33. The lowest BCUT2D eigenvalue weighted by molar-refractivity contribution is 0.173. The predicted octanol–water partition coefficient (Wildman–Crippen LogP) is 4.41. The highest BCUT2D eigenvalue weighted by Crippen LogP contribution is 2.51. The van der Waals surface area contributed by atoms with Crippen LogP contribution in [0.1, 0.15) is 86.9 Å². The van der Waals surface area contributed by atoms with E-state index in [0.717, 1.165) is 50.1 Å². The number of nitrogens with one attached hydrogen (secondary N) is 1. The van der Waals surface area contributed by atoms with E-state index in [-0.39, 0.29) is 17.7 Å². The number of piperidine rings is 1. The summed E-state index contributed by atoms with van der Waals surface area (Å²) in [4.78, 5) is 15.3. The third-order valence-corrected chi connectivity index (χ3v) is 7.56. The molecular formula is C27H34N6O2. The Morgan fingerprint density at radius 3 is 2.34 bits per heavy atom. The number of benzene rings is 1. The number of tetrazole rings is 1. The second kappa shape index (κ2) is 9.22. The van der Waals surface area contributed by atoms with Crippen LogP contribution in [0.4, 0.5) is 0 Å². The summed E-state index contributed by atoms with van der Waals surface area (Å²) in [5.41, 5.74) is 5.14. The summed E-state index contributed by atoms with van der Waals surface area (Å²) in [5.74, 6) is 3.02. The molecule has 0 spiro atoms. The van der Waals surface area contributed by atoms with Gasteiger partial charge in [-0.1, -0.05) is 6.07 Å². The van der Waals surface area contributed by atoms with E-state index in [0.29, 0.717) is 11.4 Å². The summed E-state index contributed by atoms with van der Waals surface area (Å²) in [5, 5.41) is 14.0. The normalized spacial score (nSPS) is 19.4. The molecule has 1 aromatic carbocycles. The number of hydrogen-bond donors (Lipinski definition) is 1. The first kappa shape index (κ1) is 22.5. The second-order valence-electron chi connectivity index (χ2n) is 10.7. The molecule has 6 rings (SSSR count). The monoisotopic (exact) mass is 474 g/mol. The van der Waals surface area contributed by atoms with Gasteiger partial charge in [-0.2, -0.15) is 5.21 Å². The molecule has 3 heterocycles. The quantitative estimate of drug-likeness (QED) is 0.520. The van der Waals surface area contributed by atoms with Gasteiger partial charge in [-0.3, -0.25) is 9.69 Å². The average molecular weight is 475 g/mol. The molecule has 0 radical (unpaired) electrons. The van der Waals surface area contributed by atoms with E-state index in [1.165, 1.54) is 31.2 Å². The second-order valence-corrected chi connectivity index (χ2v) is 10.7. The highest BCUT2D eigenvalue weighted by molar-refractivity contribution is 5.52. The fourth-order valence-electron chi connectivity index (χ4n) is 5.45. The van der Waals surface area contributed by atoms with Crippen LogP contribution in [0.25, 0.3) is 11.4 Å². The molecule has 184 valence electrons. The number of ether oxygens (including phenoxy) is 1. The molecule has 3 aliphatic rings. The number of H-pyrrole nitrogens is 1. The molecule has 0 unspecified atom stereocenters. The van der Waals surface area contributed by atoms with Crippen molar-refractivity contribution in [2.45, 2.75) is 82.9 Å². The average Bonchev–Trinajstić information content (AvgIpc) is 3.78. The van der Waals surface area contributed by atoms with Gasteiger partial charge in [-0.25, -0.2) is 0 Å². The first-order valence-electron chi connectivity index (χ1n) is 13.1. The van der Waals surface area contributed by atoms with Crippen LogP contribution in [0.5, 0.6) is 5.75 Å². The molecule has 8 heteroatoms. The van der Waals surface area contributed by atoms with E-state index in [4.69, 9.17) is 4.74 Å². The van der Waals surface area contributed by atoms with Crippen molar-refractivity contribution in [3.05, 3.63) is 57.5 Å². The van der Waals surface area contributed by atoms with Crippen LogP contribution in [0.3, 0.4) is 0 Å². The van der Waals surface area contributed by atoms with E-state index in [2.05, 4.69) is 51.5 Å². The molecule has 1 aliphatic heterocycles. The Morgan fingerprint density at radius 2 is 1.74 bits per heavy atom. The Bertz CT molecular complexity index is 1240. The van der Waals surface area contributed by atoms with Crippen molar-refractivity contribution in [2.24, 2.45) is 0 Å². The minimum atomic E-state index is -0.0110. The standard InChI is InChI=1S/C27H34N6O2/c1-17(2)35-25-15-24(19-5-6-19)23(18-3-4-18)13-21(25)16-32-10-8-22(9-11-32)33-12-7-20(14-26(33)34)27-28-30-31-29-27/h7,12-15,17-19,22H,3-6,8-11,16H2,1-2H3,(H,28,29,30,31). The molecule has 8 nitrogen and oxygen atoms in total. The summed E-state index contributed by atoms with van der Waals surface area (Å²) >= 11 is 0. The topological polar surface area (TPSA) is 88.9 Å². The Hall–Kier alpha value is -3.00. The van der Waals surface area contributed by atoms with Crippen LogP contribution in [0.15, 0.2) is 35.3 Å². The number of likely N-dealkylation sites (tertiary alicyclic amines) is 1. The molecule has 3 aromatic rings. The van der Waals surface area contributed by atoms with Crippen molar-refractivity contribution in [2.75, 3.05) is 13.1 Å². The maximum atomic E-state index is 12.8. The van der Waals surface area contributed by atoms with Gasteiger partial charge in [0.1, 0.15) is 5.75 Å². The Morgan fingerprint density at radius 1 is 1.03 bits per heavy atom. The Labute approximate surface area is 205 Å². The van der Waals surface area contributed by atoms with Crippen molar-refractivity contribution < 1.29 is 4.74 Å². The highest BCUT2D eigenvalue weighted by atomic mass is 16.5. The minimum absolute atomic E-state index is 0.0110. The fourth-order valence-corrected chi connectivity index (χ4v) is 5.45. The van der Waals surface area contributed by atoms with Crippen LogP contribution in [0.2, 0.25) is 0 Å². The van der Waals surface area contributed by atoms with Crippen LogP contribution in [-0.4, -0.2) is 49.3 Å². The highest BCUT2D eigenvalue weighted by Gasteiger charge is 2.34. The molecule has 35 heavy (non-hydrogen) atoms. The number of aromatic amines is 1. The number of pyridine rings is 1. The van der Waals surface area contributed by atoms with Crippen molar-refractivity contribution in [1.82, 2.24) is 30.1 Å². The summed E-state index contributed by atoms with van der Waals surface area (Å²) in [6.07, 6.45) is 9.26. The molecule has 2 aliphatic carbocycles. The van der Waals surface area contributed by atoms with E-state index in [1.807, 2.05) is 16.8 Å². The Balaban J connectivity index is 1.16. The van der Waals surface area contributed by atoms with Crippen LogP contribution >= 0.6 is 0 Å². The van der Waals surface area contributed by atoms with Crippen molar-refractivity contribution in [3.8, 4) is 17.1 Å². The number of aromatic nitrogens is 5. The van der Waals surface area contributed by atoms with Gasteiger partial charge in [0.2, 0.25) is 5.82 Å². The van der Waals surface area contributed by atoms with Gasteiger partial charge in [0.25, 0.3) is 5.56 Å². The maximum absolute atomic E-state index is 12.8. The fraction of sp³-hybridized carbons (Fsp3) is 0.556. The third-order valence-electron chi connectivity index (χ3n) is 7.56. The largest absolute Gasteiger partial charge is 0.491 e. The van der Waals surface area contributed by atoms with Gasteiger partial charge in [0.05, 0.1) is 6.10 Å². The van der Waals surface area contributed by atoms with Crippen molar-refractivity contribution in [1.29, 1.82) is 0 Å². The maximum Gasteiger partial charge on any atom is 0.251 e. The van der Waals surface area contributed by atoms with E-state index >= 15 is 0 Å². The lowest BCUT2D eigenvalue weighted by Crippen LogP contribution is -2.37. The first-order valence-corrected chi connectivity index (χ1v) is 13.1. The van der Waals surface area contributed by atoms with Gasteiger partial charge < -0.3 is 9.30 Å². The summed E-state index contributed by atoms with van der Waals surface area (Å²) in [7, 11) is 0. The summed E-state index contributed by atoms with van der Waals surface area (Å²) in [6.45, 7) is 7.07. The van der Waals surface area contributed by atoms with Crippen LogP contribution < -0.4 is 10.3 Å². The molecular weight excluding hydrogens is 440 g/mol. The van der Waals surface area contributed by atoms with Crippen molar-refractivity contribution >= 4 is 0 Å². The zero-order valence-electron chi connectivity index (χ0n) is 20.6. The van der Waals surface area contributed by atoms with Gasteiger partial charge in [-0.15, -0.1) is 10.2 Å². The molecule has 2 aromatic heterocycles. The number of nitrogens with zero attached hydrogens (tertiary/aromatic N) is 5. The van der Waals surface area contributed by atoms with E-state index < -0.39 is 0 Å². The van der Waals surface area contributed by atoms with Gasteiger partial charge in [0.15, 0.2) is 0 Å². The first-order chi connectivity index (χ1) is 17.0. The molecule has 0 bridgehead atoms. The molecule has 3 fully saturated rings. The molecule has 1 saturated heterocycles. The summed E-state index contributed by atoms with van der Waals surface area (Å²) < 4.78 is 8.18. The smallest absolute Gasteiger partial charge is 0.251 e. The molecule has 1 N–H and O–H groups in total. The van der Waals surface area contributed by atoms with E-state index in [1.54, 1.807) is 17.2 Å². The third kappa shape index (κ3) is 4.89. The molecule has 0 amide bonds. The van der Waals surface area contributed by atoms with Gasteiger partial charge >= 0.3 is 0 Å². The summed E-state index contributed by atoms with van der Waals surface area (Å²) in [6, 6.07) is 8.56. The number of rotatable bonds is 8. The van der Waals surface area contributed by atoms with Crippen LogP contribution in [-0.2, 0) is 6.54 Å². The minimum Gasteiger partial charge on any atom is -0.491 e. The lowest BCUT2D eigenvalue weighted by atomic mass is 9.95. The van der Waals surface area contributed by atoms with Crippen LogP contribution in [0, 0.1) is 0 Å². The Kier molecular flexibility index (Phi) is 5.92. The van der Waals surface area contributed by atoms with Crippen molar-refractivity contribution in [3.63, 3.8) is 0 Å². The van der Waals surface area contributed by atoms with Gasteiger partial charge in [0, 0.05) is 49.1 Å². The number of hydrogen-bond acceptors (Lipinski definition) is 6. The molecule has 0 atom stereocenters. The zero-order chi connectivity index (χ0) is 23.9.